The van der Waals surface area contributed by atoms with Crippen LogP contribution < -0.4 is 5.56 Å². The van der Waals surface area contributed by atoms with Gasteiger partial charge in [0.25, 0.3) is 5.56 Å². The Bertz CT molecular complexity index is 474. The summed E-state index contributed by atoms with van der Waals surface area (Å²) in [6.45, 7) is -0.290. The molecular formula is C10H12INO5. The molecule has 3 atom stereocenters. The smallest absolute Gasteiger partial charge is 0.269 e. The van der Waals surface area contributed by atoms with E-state index < -0.39 is 18.4 Å². The van der Waals surface area contributed by atoms with Crippen LogP contribution in [0.3, 0.4) is 0 Å². The van der Waals surface area contributed by atoms with E-state index in [4.69, 9.17) is 9.84 Å². The molecule has 94 valence electrons. The van der Waals surface area contributed by atoms with Crippen LogP contribution >= 0.6 is 22.6 Å². The van der Waals surface area contributed by atoms with Crippen molar-refractivity contribution in [3.63, 3.8) is 0 Å². The Morgan fingerprint density at radius 3 is 2.88 bits per heavy atom. The van der Waals surface area contributed by atoms with Crippen molar-refractivity contribution in [3.05, 3.63) is 26.2 Å². The second-order valence-electron chi connectivity index (χ2n) is 3.84. The molecule has 1 aliphatic rings. The second-order valence-corrected chi connectivity index (χ2v) is 4.92. The third kappa shape index (κ3) is 2.32. The van der Waals surface area contributed by atoms with Crippen molar-refractivity contribution in [1.29, 1.82) is 0 Å². The van der Waals surface area contributed by atoms with Crippen LogP contribution in [-0.4, -0.2) is 38.7 Å². The van der Waals surface area contributed by atoms with E-state index in [1.54, 1.807) is 22.6 Å². The molecule has 7 heteroatoms. The van der Waals surface area contributed by atoms with E-state index in [0.717, 1.165) is 0 Å². The van der Waals surface area contributed by atoms with Gasteiger partial charge in [0.2, 0.25) is 0 Å². The fraction of sp³-hybridized carbons (Fsp3) is 0.500. The molecule has 0 saturated carbocycles. The van der Waals surface area contributed by atoms with Crippen LogP contribution in [0, 0.1) is 3.57 Å². The average Bonchev–Trinajstić information content (AvgIpc) is 2.67. The first kappa shape index (κ1) is 12.8. The third-order valence-electron chi connectivity index (χ3n) is 2.73. The SMILES string of the molecule is O=c1c(I)c(O)ccn1[C@@H]1C[C@H](O)[C@@H](CO)O1. The molecule has 0 unspecified atom stereocenters. The van der Waals surface area contributed by atoms with Gasteiger partial charge in [-0.05, 0) is 28.7 Å². The number of aromatic nitrogens is 1. The van der Waals surface area contributed by atoms with Crippen LogP contribution in [0.1, 0.15) is 12.6 Å². The highest BCUT2D eigenvalue weighted by Gasteiger charge is 2.35. The van der Waals surface area contributed by atoms with E-state index in [1.807, 2.05) is 0 Å². The molecule has 1 fully saturated rings. The fourth-order valence-electron chi connectivity index (χ4n) is 1.79. The summed E-state index contributed by atoms with van der Waals surface area (Å²) in [6, 6.07) is 1.39. The number of aromatic hydroxyl groups is 1. The topological polar surface area (TPSA) is 91.9 Å². The summed E-state index contributed by atoms with van der Waals surface area (Å²) < 4.78 is 6.87. The van der Waals surface area contributed by atoms with Crippen molar-refractivity contribution >= 4 is 22.6 Å². The van der Waals surface area contributed by atoms with Crippen LogP contribution in [0.5, 0.6) is 5.75 Å². The van der Waals surface area contributed by atoms with Crippen molar-refractivity contribution in [2.24, 2.45) is 0 Å². The summed E-state index contributed by atoms with van der Waals surface area (Å²) in [7, 11) is 0. The van der Waals surface area contributed by atoms with Crippen molar-refractivity contribution in [2.75, 3.05) is 6.61 Å². The molecule has 1 aromatic heterocycles. The lowest BCUT2D eigenvalue weighted by Gasteiger charge is -2.15. The Kier molecular flexibility index (Phi) is 3.71. The molecule has 1 aliphatic heterocycles. The molecule has 0 amide bonds. The van der Waals surface area contributed by atoms with Gasteiger partial charge < -0.3 is 20.1 Å². The summed E-state index contributed by atoms with van der Waals surface area (Å²) in [5, 5.41) is 27.9. The molecule has 6 nitrogen and oxygen atoms in total. The normalized spacial score (nSPS) is 28.5. The van der Waals surface area contributed by atoms with Gasteiger partial charge in [0, 0.05) is 12.6 Å². The van der Waals surface area contributed by atoms with Gasteiger partial charge in [-0.1, -0.05) is 0 Å². The van der Waals surface area contributed by atoms with Gasteiger partial charge in [0.15, 0.2) is 0 Å². The van der Waals surface area contributed by atoms with Crippen LogP contribution in [0.4, 0.5) is 0 Å². The molecule has 0 spiro atoms. The number of nitrogens with zero attached hydrogens (tertiary/aromatic N) is 1. The second kappa shape index (κ2) is 4.92. The summed E-state index contributed by atoms with van der Waals surface area (Å²) >= 11 is 1.75. The maximum absolute atomic E-state index is 11.8. The minimum Gasteiger partial charge on any atom is -0.507 e. The van der Waals surface area contributed by atoms with Gasteiger partial charge >= 0.3 is 0 Å². The molecule has 17 heavy (non-hydrogen) atoms. The van der Waals surface area contributed by atoms with Crippen LogP contribution in [0.25, 0.3) is 0 Å². The van der Waals surface area contributed by atoms with E-state index in [1.165, 1.54) is 16.8 Å². The minimum atomic E-state index is -0.789. The van der Waals surface area contributed by atoms with Crippen molar-refractivity contribution < 1.29 is 20.1 Å². The van der Waals surface area contributed by atoms with Crippen molar-refractivity contribution in [2.45, 2.75) is 24.9 Å². The first-order chi connectivity index (χ1) is 8.04. The van der Waals surface area contributed by atoms with Crippen LogP contribution in [0.2, 0.25) is 0 Å². The third-order valence-corrected chi connectivity index (χ3v) is 3.75. The summed E-state index contributed by atoms with van der Waals surface area (Å²) in [5.41, 5.74) is -0.374. The lowest BCUT2D eigenvalue weighted by Crippen LogP contribution is -2.27. The number of aliphatic hydroxyl groups excluding tert-OH is 2. The number of ether oxygens (including phenoxy) is 1. The number of hydrogen-bond donors (Lipinski definition) is 3. The first-order valence-corrected chi connectivity index (χ1v) is 6.16. The Labute approximate surface area is 111 Å². The first-order valence-electron chi connectivity index (χ1n) is 5.08. The largest absolute Gasteiger partial charge is 0.507 e. The average molecular weight is 353 g/mol. The Hall–Kier alpha value is -0.640. The summed E-state index contributed by atoms with van der Waals surface area (Å²) in [5.74, 6) is -0.0795. The Morgan fingerprint density at radius 2 is 2.29 bits per heavy atom. The van der Waals surface area contributed by atoms with Gasteiger partial charge in [-0.25, -0.2) is 0 Å². The lowest BCUT2D eigenvalue weighted by atomic mass is 10.2. The maximum Gasteiger partial charge on any atom is 0.269 e. The number of pyridine rings is 1. The quantitative estimate of drug-likeness (QED) is 0.641. The molecule has 1 aromatic rings. The Balaban J connectivity index is 2.31. The Morgan fingerprint density at radius 1 is 1.59 bits per heavy atom. The number of halogens is 1. The number of rotatable bonds is 2. The standard InChI is InChI=1S/C10H12INO5/c11-9-5(14)1-2-12(10(9)16)8-3-6(15)7(4-13)17-8/h1-2,6-8,13-15H,3-4H2/t6-,7+,8-/m0/s1. The van der Waals surface area contributed by atoms with Gasteiger partial charge in [0.1, 0.15) is 21.7 Å². The van der Waals surface area contributed by atoms with E-state index in [0.29, 0.717) is 0 Å². The van der Waals surface area contributed by atoms with Crippen molar-refractivity contribution in [1.82, 2.24) is 4.57 Å². The molecule has 2 heterocycles. The molecule has 0 bridgehead atoms. The molecular weight excluding hydrogens is 341 g/mol. The van der Waals surface area contributed by atoms with Crippen LogP contribution in [0.15, 0.2) is 17.1 Å². The monoisotopic (exact) mass is 353 g/mol. The number of aliphatic hydroxyl groups is 2. The summed E-state index contributed by atoms with van der Waals surface area (Å²) in [6.07, 6.45) is -0.409. The lowest BCUT2D eigenvalue weighted by molar-refractivity contribution is -0.0455. The van der Waals surface area contributed by atoms with Gasteiger partial charge in [-0.3, -0.25) is 9.36 Å². The minimum absolute atomic E-state index is 0.0795. The zero-order valence-electron chi connectivity index (χ0n) is 8.78. The van der Waals surface area contributed by atoms with E-state index in [9.17, 15) is 15.0 Å². The van der Waals surface area contributed by atoms with E-state index in [-0.39, 0.29) is 27.9 Å². The molecule has 2 rings (SSSR count). The van der Waals surface area contributed by atoms with Gasteiger partial charge in [-0.15, -0.1) is 0 Å². The van der Waals surface area contributed by atoms with E-state index in [2.05, 4.69) is 0 Å². The highest BCUT2D eigenvalue weighted by molar-refractivity contribution is 14.1. The van der Waals surface area contributed by atoms with Crippen molar-refractivity contribution in [3.8, 4) is 5.75 Å². The predicted octanol–water partition coefficient (Wildman–Crippen LogP) is -0.201. The predicted molar refractivity (Wildman–Crippen MR) is 66.7 cm³/mol. The molecule has 1 saturated heterocycles. The number of hydrogen-bond acceptors (Lipinski definition) is 5. The highest BCUT2D eigenvalue weighted by atomic mass is 127. The zero-order valence-corrected chi connectivity index (χ0v) is 10.9. The molecule has 0 aromatic carbocycles. The van der Waals surface area contributed by atoms with E-state index >= 15 is 0 Å². The highest BCUT2D eigenvalue weighted by Crippen LogP contribution is 2.28. The zero-order chi connectivity index (χ0) is 12.6. The van der Waals surface area contributed by atoms with Gasteiger partial charge in [-0.2, -0.15) is 0 Å². The molecule has 3 N–H and O–H groups in total. The maximum atomic E-state index is 11.8. The van der Waals surface area contributed by atoms with Gasteiger partial charge in [0.05, 0.1) is 12.7 Å². The molecule has 0 radical (unpaired) electrons. The summed E-state index contributed by atoms with van der Waals surface area (Å²) in [4.78, 5) is 11.8. The van der Waals surface area contributed by atoms with Crippen LogP contribution in [-0.2, 0) is 4.74 Å². The fourth-order valence-corrected chi connectivity index (χ4v) is 2.25. The molecule has 0 aliphatic carbocycles.